The lowest BCUT2D eigenvalue weighted by molar-refractivity contribution is -0.0105. The molecule has 0 aromatic heterocycles. The molecule has 174 valence electrons. The Balaban J connectivity index is 1.67. The SMILES string of the molecule is CC(C)(C)OC(=O)N1CC[C@@H](Oc2ccc(B3OC(C)(C)C(C)(C)O3)cc2C#N)[C@H](F)C1. The third-order valence-electron chi connectivity index (χ3n) is 6.06. The van der Waals surface area contributed by atoms with Crippen LogP contribution >= 0.6 is 0 Å². The van der Waals surface area contributed by atoms with Gasteiger partial charge in [0.2, 0.25) is 0 Å². The average molecular weight is 446 g/mol. The molecule has 0 aliphatic carbocycles. The van der Waals surface area contributed by atoms with Gasteiger partial charge in [-0.25, -0.2) is 9.18 Å². The van der Waals surface area contributed by atoms with Crippen LogP contribution in [0, 0.1) is 11.3 Å². The van der Waals surface area contributed by atoms with Gasteiger partial charge in [0.05, 0.1) is 23.3 Å². The van der Waals surface area contributed by atoms with E-state index in [-0.39, 0.29) is 12.1 Å². The van der Waals surface area contributed by atoms with Gasteiger partial charge in [0, 0.05) is 13.0 Å². The Bertz CT molecular complexity index is 893. The summed E-state index contributed by atoms with van der Waals surface area (Å²) in [5.74, 6) is 0.297. The first kappa shape index (κ1) is 24.3. The Kier molecular flexibility index (Phi) is 6.51. The second-order valence-electron chi connectivity index (χ2n) is 10.3. The number of nitrogens with zero attached hydrogens (tertiary/aromatic N) is 2. The highest BCUT2D eigenvalue weighted by Gasteiger charge is 2.51. The Morgan fingerprint density at radius 3 is 2.41 bits per heavy atom. The predicted molar refractivity (Wildman–Crippen MR) is 119 cm³/mol. The van der Waals surface area contributed by atoms with E-state index < -0.39 is 42.3 Å². The smallest absolute Gasteiger partial charge is 0.486 e. The number of likely N-dealkylation sites (tertiary alicyclic amines) is 1. The average Bonchev–Trinajstić information content (AvgIpc) is 2.89. The summed E-state index contributed by atoms with van der Waals surface area (Å²) in [6, 6.07) is 7.18. The van der Waals surface area contributed by atoms with E-state index in [0.29, 0.717) is 24.2 Å². The summed E-state index contributed by atoms with van der Waals surface area (Å²) in [6.07, 6.45) is -2.40. The molecular formula is C23H32BFN2O5. The number of hydrogen-bond acceptors (Lipinski definition) is 6. The highest BCUT2D eigenvalue weighted by atomic mass is 19.1. The molecule has 0 spiro atoms. The minimum absolute atomic E-state index is 0.118. The topological polar surface area (TPSA) is 81.0 Å². The minimum atomic E-state index is -1.40. The summed E-state index contributed by atoms with van der Waals surface area (Å²) in [7, 11) is -0.604. The molecule has 9 heteroatoms. The second-order valence-corrected chi connectivity index (χ2v) is 10.3. The number of ether oxygens (including phenoxy) is 2. The fourth-order valence-electron chi connectivity index (χ4n) is 3.53. The van der Waals surface area contributed by atoms with E-state index in [4.69, 9.17) is 18.8 Å². The molecule has 0 saturated carbocycles. The highest BCUT2D eigenvalue weighted by Crippen LogP contribution is 2.36. The van der Waals surface area contributed by atoms with Gasteiger partial charge in [0.15, 0.2) is 6.17 Å². The van der Waals surface area contributed by atoms with E-state index in [0.717, 1.165) is 0 Å². The summed E-state index contributed by atoms with van der Waals surface area (Å²) < 4.78 is 38.1. The molecule has 2 fully saturated rings. The Morgan fingerprint density at radius 1 is 1.25 bits per heavy atom. The normalized spacial score (nSPS) is 24.7. The molecule has 1 aromatic carbocycles. The van der Waals surface area contributed by atoms with Crippen LogP contribution in [0.25, 0.3) is 0 Å². The van der Waals surface area contributed by atoms with Crippen LogP contribution in [0.3, 0.4) is 0 Å². The number of carbonyl (C=O) groups is 1. The number of amides is 1. The molecule has 2 aliphatic rings. The predicted octanol–water partition coefficient (Wildman–Crippen LogP) is 3.58. The molecule has 1 amide bonds. The molecular weight excluding hydrogens is 414 g/mol. The molecule has 3 rings (SSSR count). The molecule has 0 unspecified atom stereocenters. The summed E-state index contributed by atoms with van der Waals surface area (Å²) in [4.78, 5) is 13.6. The van der Waals surface area contributed by atoms with Crippen molar-refractivity contribution in [3.05, 3.63) is 23.8 Å². The van der Waals surface area contributed by atoms with Crippen molar-refractivity contribution in [3.63, 3.8) is 0 Å². The van der Waals surface area contributed by atoms with Crippen molar-refractivity contribution in [1.29, 1.82) is 5.26 Å². The standard InChI is InChI=1S/C23H32BFN2O5/c1-21(2,3)30-20(28)27-11-10-19(17(25)14-27)29-18-9-8-16(12-15(18)13-26)24-31-22(4,5)23(6,7)32-24/h8-9,12,17,19H,10-11,14H2,1-7H3/t17-,19-/m1/s1. The third-order valence-corrected chi connectivity index (χ3v) is 6.06. The molecule has 2 saturated heterocycles. The first-order valence-electron chi connectivity index (χ1n) is 10.9. The highest BCUT2D eigenvalue weighted by molar-refractivity contribution is 6.62. The number of hydrogen-bond donors (Lipinski definition) is 0. The van der Waals surface area contributed by atoms with Gasteiger partial charge in [-0.05, 0) is 66.1 Å². The number of piperidine rings is 1. The molecule has 0 N–H and O–H groups in total. The lowest BCUT2D eigenvalue weighted by Gasteiger charge is -2.35. The van der Waals surface area contributed by atoms with Crippen LogP contribution in [0.15, 0.2) is 18.2 Å². The van der Waals surface area contributed by atoms with Crippen molar-refractivity contribution < 1.29 is 28.0 Å². The van der Waals surface area contributed by atoms with Gasteiger partial charge >= 0.3 is 13.2 Å². The molecule has 1 aromatic rings. The fourth-order valence-corrected chi connectivity index (χ4v) is 3.53. The van der Waals surface area contributed by atoms with E-state index in [1.807, 2.05) is 27.7 Å². The largest absolute Gasteiger partial charge is 0.494 e. The van der Waals surface area contributed by atoms with Gasteiger partial charge in [-0.15, -0.1) is 0 Å². The number of halogens is 1. The van der Waals surface area contributed by atoms with Gasteiger partial charge in [0.1, 0.15) is 23.5 Å². The van der Waals surface area contributed by atoms with E-state index in [1.165, 1.54) is 4.90 Å². The van der Waals surface area contributed by atoms with Crippen LogP contribution in [-0.4, -0.2) is 60.3 Å². The van der Waals surface area contributed by atoms with E-state index in [9.17, 15) is 14.4 Å². The summed E-state index contributed by atoms with van der Waals surface area (Å²) >= 11 is 0. The number of alkyl halides is 1. The van der Waals surface area contributed by atoms with Crippen LogP contribution in [-0.2, 0) is 14.0 Å². The molecule has 2 heterocycles. The van der Waals surface area contributed by atoms with Gasteiger partial charge < -0.3 is 23.7 Å². The van der Waals surface area contributed by atoms with Crippen molar-refractivity contribution in [2.24, 2.45) is 0 Å². The monoisotopic (exact) mass is 446 g/mol. The van der Waals surface area contributed by atoms with Gasteiger partial charge in [-0.3, -0.25) is 0 Å². The second kappa shape index (κ2) is 8.56. The number of rotatable bonds is 3. The van der Waals surface area contributed by atoms with Crippen LogP contribution in [0.5, 0.6) is 5.75 Å². The zero-order chi connectivity index (χ0) is 23.9. The first-order chi connectivity index (χ1) is 14.7. The molecule has 2 atom stereocenters. The quantitative estimate of drug-likeness (QED) is 0.661. The lowest BCUT2D eigenvalue weighted by atomic mass is 9.78. The van der Waals surface area contributed by atoms with E-state index in [1.54, 1.807) is 39.0 Å². The fraction of sp³-hybridized carbons (Fsp3) is 0.652. The number of benzene rings is 1. The zero-order valence-electron chi connectivity index (χ0n) is 19.9. The molecule has 7 nitrogen and oxygen atoms in total. The Hall–Kier alpha value is -2.31. The lowest BCUT2D eigenvalue weighted by Crippen LogP contribution is -2.50. The van der Waals surface area contributed by atoms with Crippen molar-refractivity contribution >= 4 is 18.7 Å². The summed E-state index contributed by atoms with van der Waals surface area (Å²) in [6.45, 7) is 13.3. The summed E-state index contributed by atoms with van der Waals surface area (Å²) in [5.41, 5.74) is -0.661. The summed E-state index contributed by atoms with van der Waals surface area (Å²) in [5, 5.41) is 9.63. The van der Waals surface area contributed by atoms with Crippen LogP contribution in [0.4, 0.5) is 9.18 Å². The van der Waals surface area contributed by atoms with Gasteiger partial charge in [0.25, 0.3) is 0 Å². The Labute approximate surface area is 189 Å². The van der Waals surface area contributed by atoms with E-state index in [2.05, 4.69) is 6.07 Å². The van der Waals surface area contributed by atoms with Crippen molar-refractivity contribution in [2.75, 3.05) is 13.1 Å². The minimum Gasteiger partial charge on any atom is -0.486 e. The molecule has 32 heavy (non-hydrogen) atoms. The number of carbonyl (C=O) groups excluding carboxylic acids is 1. The maximum atomic E-state index is 14.8. The zero-order valence-corrected chi connectivity index (χ0v) is 19.9. The third kappa shape index (κ3) is 5.19. The maximum Gasteiger partial charge on any atom is 0.494 e. The van der Waals surface area contributed by atoms with Crippen molar-refractivity contribution in [2.45, 2.75) is 84.0 Å². The molecule has 2 aliphatic heterocycles. The number of nitriles is 1. The van der Waals surface area contributed by atoms with Crippen LogP contribution in [0.1, 0.15) is 60.5 Å². The van der Waals surface area contributed by atoms with Crippen molar-refractivity contribution in [1.82, 2.24) is 4.90 Å². The van der Waals surface area contributed by atoms with Gasteiger partial charge in [-0.2, -0.15) is 5.26 Å². The first-order valence-corrected chi connectivity index (χ1v) is 10.9. The van der Waals surface area contributed by atoms with E-state index >= 15 is 0 Å². The van der Waals surface area contributed by atoms with Crippen LogP contribution in [0.2, 0.25) is 0 Å². The van der Waals surface area contributed by atoms with Gasteiger partial charge in [-0.1, -0.05) is 6.07 Å². The molecule has 0 bridgehead atoms. The van der Waals surface area contributed by atoms with Crippen LogP contribution < -0.4 is 10.2 Å². The van der Waals surface area contributed by atoms with Crippen molar-refractivity contribution in [3.8, 4) is 11.8 Å². The molecule has 0 radical (unpaired) electrons. The maximum absolute atomic E-state index is 14.8. The Morgan fingerprint density at radius 2 is 1.88 bits per heavy atom.